The minimum atomic E-state index is -0.246. The van der Waals surface area contributed by atoms with Gasteiger partial charge in [-0.15, -0.1) is 0 Å². The number of benzene rings is 1. The molecule has 3 nitrogen and oxygen atoms in total. The van der Waals surface area contributed by atoms with E-state index in [1.54, 1.807) is 12.1 Å². The zero-order valence-electron chi connectivity index (χ0n) is 10.9. The van der Waals surface area contributed by atoms with E-state index in [4.69, 9.17) is 5.73 Å². The van der Waals surface area contributed by atoms with Crippen LogP contribution in [0.5, 0.6) is 0 Å². The summed E-state index contributed by atoms with van der Waals surface area (Å²) in [6.07, 6.45) is 1.83. The van der Waals surface area contributed by atoms with Gasteiger partial charge in [0.05, 0.1) is 0 Å². The summed E-state index contributed by atoms with van der Waals surface area (Å²) in [4.78, 5) is 11.6. The lowest BCUT2D eigenvalue weighted by molar-refractivity contribution is -0.122. The topological polar surface area (TPSA) is 55.1 Å². The van der Waals surface area contributed by atoms with E-state index in [0.717, 1.165) is 12.0 Å². The van der Waals surface area contributed by atoms with Crippen LogP contribution in [-0.4, -0.2) is 18.0 Å². The molecule has 0 aliphatic rings. The number of nitrogens with two attached hydrogens (primary N) is 1. The quantitative estimate of drug-likeness (QED) is 0.813. The molecule has 100 valence electrons. The maximum absolute atomic E-state index is 12.7. The molecule has 1 aromatic carbocycles. The van der Waals surface area contributed by atoms with Gasteiger partial charge >= 0.3 is 0 Å². The third kappa shape index (κ3) is 5.27. The van der Waals surface area contributed by atoms with Crippen molar-refractivity contribution in [2.24, 2.45) is 5.73 Å². The van der Waals surface area contributed by atoms with Gasteiger partial charge in [-0.25, -0.2) is 4.39 Å². The maximum Gasteiger partial charge on any atom is 0.221 e. The fourth-order valence-electron chi connectivity index (χ4n) is 1.74. The monoisotopic (exact) mass is 252 g/mol. The van der Waals surface area contributed by atoms with Gasteiger partial charge in [-0.05, 0) is 37.5 Å². The van der Waals surface area contributed by atoms with E-state index in [9.17, 15) is 9.18 Å². The highest BCUT2D eigenvalue weighted by atomic mass is 19.1. The second-order valence-electron chi connectivity index (χ2n) is 4.67. The van der Waals surface area contributed by atoms with Crippen LogP contribution in [0.4, 0.5) is 4.39 Å². The Bertz CT molecular complexity index is 378. The molecule has 1 rings (SSSR count). The van der Waals surface area contributed by atoms with E-state index in [1.807, 2.05) is 13.8 Å². The zero-order valence-corrected chi connectivity index (χ0v) is 10.9. The SMILES string of the molecule is CCC(N)CC(=O)NC(C)Cc1ccc(F)cc1. The van der Waals surface area contributed by atoms with Crippen LogP contribution in [0.25, 0.3) is 0 Å². The molecule has 0 saturated heterocycles. The number of carbonyl (C=O) groups is 1. The molecule has 0 saturated carbocycles. The van der Waals surface area contributed by atoms with Crippen LogP contribution in [0.2, 0.25) is 0 Å². The van der Waals surface area contributed by atoms with Crippen molar-refractivity contribution in [2.75, 3.05) is 0 Å². The molecule has 0 aliphatic carbocycles. The predicted octanol–water partition coefficient (Wildman–Crippen LogP) is 2.00. The molecular formula is C14H21FN2O. The van der Waals surface area contributed by atoms with E-state index in [0.29, 0.717) is 12.8 Å². The molecule has 0 aromatic heterocycles. The number of carbonyl (C=O) groups excluding carboxylic acids is 1. The first-order chi connectivity index (χ1) is 8.51. The van der Waals surface area contributed by atoms with Crippen LogP contribution in [0.3, 0.4) is 0 Å². The molecule has 1 aromatic rings. The smallest absolute Gasteiger partial charge is 0.221 e. The summed E-state index contributed by atoms with van der Waals surface area (Å²) >= 11 is 0. The molecule has 0 bridgehead atoms. The lowest BCUT2D eigenvalue weighted by Gasteiger charge is -2.15. The van der Waals surface area contributed by atoms with Crippen molar-refractivity contribution in [1.82, 2.24) is 5.32 Å². The van der Waals surface area contributed by atoms with Crippen molar-refractivity contribution in [3.05, 3.63) is 35.6 Å². The van der Waals surface area contributed by atoms with Crippen LogP contribution < -0.4 is 11.1 Å². The fraction of sp³-hybridized carbons (Fsp3) is 0.500. The largest absolute Gasteiger partial charge is 0.353 e. The fourth-order valence-corrected chi connectivity index (χ4v) is 1.74. The van der Waals surface area contributed by atoms with Gasteiger partial charge in [-0.2, -0.15) is 0 Å². The summed E-state index contributed by atoms with van der Waals surface area (Å²) < 4.78 is 12.7. The van der Waals surface area contributed by atoms with Crippen molar-refractivity contribution in [3.8, 4) is 0 Å². The van der Waals surface area contributed by atoms with Crippen LogP contribution in [0, 0.1) is 5.82 Å². The van der Waals surface area contributed by atoms with E-state index < -0.39 is 0 Å². The van der Waals surface area contributed by atoms with Gasteiger partial charge in [-0.1, -0.05) is 19.1 Å². The average Bonchev–Trinajstić information content (AvgIpc) is 2.31. The predicted molar refractivity (Wildman–Crippen MR) is 70.6 cm³/mol. The van der Waals surface area contributed by atoms with Gasteiger partial charge < -0.3 is 11.1 Å². The van der Waals surface area contributed by atoms with Crippen molar-refractivity contribution >= 4 is 5.91 Å². The van der Waals surface area contributed by atoms with E-state index in [2.05, 4.69) is 5.32 Å². The standard InChI is InChI=1S/C14H21FN2O/c1-3-13(16)9-14(18)17-10(2)8-11-4-6-12(15)7-5-11/h4-7,10,13H,3,8-9,16H2,1-2H3,(H,17,18). The number of halogens is 1. The Hall–Kier alpha value is -1.42. The third-order valence-corrected chi connectivity index (χ3v) is 2.83. The summed E-state index contributed by atoms with van der Waals surface area (Å²) in [6.45, 7) is 3.89. The summed E-state index contributed by atoms with van der Waals surface area (Å²) in [5.74, 6) is -0.275. The Kier molecular flexibility index (Phi) is 5.78. The molecule has 0 radical (unpaired) electrons. The van der Waals surface area contributed by atoms with Crippen molar-refractivity contribution < 1.29 is 9.18 Å². The first-order valence-corrected chi connectivity index (χ1v) is 6.30. The molecular weight excluding hydrogens is 231 g/mol. The molecule has 2 unspecified atom stereocenters. The van der Waals surface area contributed by atoms with Gasteiger partial charge in [0.2, 0.25) is 5.91 Å². The highest BCUT2D eigenvalue weighted by molar-refractivity contribution is 5.76. The second-order valence-corrected chi connectivity index (χ2v) is 4.67. The molecule has 0 spiro atoms. The summed E-state index contributed by atoms with van der Waals surface area (Å²) in [5.41, 5.74) is 6.72. The molecule has 0 heterocycles. The van der Waals surface area contributed by atoms with Crippen LogP contribution in [0.15, 0.2) is 24.3 Å². The summed E-state index contributed by atoms with van der Waals surface area (Å²) in [5, 5.41) is 2.90. The number of hydrogen-bond acceptors (Lipinski definition) is 2. The Morgan fingerprint density at radius 1 is 1.39 bits per heavy atom. The van der Waals surface area contributed by atoms with Gasteiger partial charge in [0.1, 0.15) is 5.82 Å². The van der Waals surface area contributed by atoms with Crippen LogP contribution in [0.1, 0.15) is 32.3 Å². The molecule has 0 aliphatic heterocycles. The molecule has 2 atom stereocenters. The number of rotatable bonds is 6. The molecule has 0 fully saturated rings. The Morgan fingerprint density at radius 2 is 2.00 bits per heavy atom. The van der Waals surface area contributed by atoms with Crippen molar-refractivity contribution in [3.63, 3.8) is 0 Å². The number of amides is 1. The first-order valence-electron chi connectivity index (χ1n) is 6.30. The lowest BCUT2D eigenvalue weighted by Crippen LogP contribution is -2.37. The van der Waals surface area contributed by atoms with Crippen LogP contribution in [-0.2, 0) is 11.2 Å². The van der Waals surface area contributed by atoms with E-state index >= 15 is 0 Å². The first kappa shape index (κ1) is 14.6. The molecule has 1 amide bonds. The van der Waals surface area contributed by atoms with Gasteiger partial charge in [0, 0.05) is 18.5 Å². The van der Waals surface area contributed by atoms with Crippen molar-refractivity contribution in [2.45, 2.75) is 45.2 Å². The normalized spacial score (nSPS) is 14.0. The Morgan fingerprint density at radius 3 is 2.56 bits per heavy atom. The molecule has 18 heavy (non-hydrogen) atoms. The van der Waals surface area contributed by atoms with Crippen LogP contribution >= 0.6 is 0 Å². The number of hydrogen-bond donors (Lipinski definition) is 2. The minimum Gasteiger partial charge on any atom is -0.353 e. The maximum atomic E-state index is 12.7. The van der Waals surface area contributed by atoms with Gasteiger partial charge in [-0.3, -0.25) is 4.79 Å². The second kappa shape index (κ2) is 7.11. The zero-order chi connectivity index (χ0) is 13.5. The highest BCUT2D eigenvalue weighted by Crippen LogP contribution is 2.06. The van der Waals surface area contributed by atoms with Gasteiger partial charge in [0.25, 0.3) is 0 Å². The summed E-state index contributed by atoms with van der Waals surface area (Å²) in [7, 11) is 0. The lowest BCUT2D eigenvalue weighted by atomic mass is 10.1. The highest BCUT2D eigenvalue weighted by Gasteiger charge is 2.11. The summed E-state index contributed by atoms with van der Waals surface area (Å²) in [6, 6.07) is 6.26. The minimum absolute atomic E-state index is 0.0204. The average molecular weight is 252 g/mol. The van der Waals surface area contributed by atoms with E-state index in [-0.39, 0.29) is 23.8 Å². The molecule has 4 heteroatoms. The van der Waals surface area contributed by atoms with Crippen molar-refractivity contribution in [1.29, 1.82) is 0 Å². The molecule has 3 N–H and O–H groups in total. The Labute approximate surface area is 108 Å². The number of nitrogens with one attached hydrogen (secondary N) is 1. The third-order valence-electron chi connectivity index (χ3n) is 2.83. The van der Waals surface area contributed by atoms with E-state index in [1.165, 1.54) is 12.1 Å². The van der Waals surface area contributed by atoms with Gasteiger partial charge in [0.15, 0.2) is 0 Å². The Balaban J connectivity index is 2.39.